The summed E-state index contributed by atoms with van der Waals surface area (Å²) in [5, 5.41) is 11.8. The number of nitrogens with one attached hydrogen (secondary N) is 1. The van der Waals surface area contributed by atoms with Crippen molar-refractivity contribution in [3.8, 4) is 11.5 Å². The minimum absolute atomic E-state index is 0.0331. The van der Waals surface area contributed by atoms with Gasteiger partial charge in [-0.1, -0.05) is 31.7 Å². The molecule has 1 aliphatic rings. The van der Waals surface area contributed by atoms with Crippen LogP contribution in [0.2, 0.25) is 0 Å². The Labute approximate surface area is 157 Å². The second-order valence-electron chi connectivity index (χ2n) is 6.38. The van der Waals surface area contributed by atoms with Gasteiger partial charge in [0.1, 0.15) is 19.5 Å². The summed E-state index contributed by atoms with van der Waals surface area (Å²) in [7, 11) is 0. The van der Waals surface area contributed by atoms with Gasteiger partial charge in [0.05, 0.1) is 11.8 Å². The third-order valence-corrected chi connectivity index (χ3v) is 5.14. The van der Waals surface area contributed by atoms with Gasteiger partial charge < -0.3 is 19.4 Å². The van der Waals surface area contributed by atoms with Crippen molar-refractivity contribution in [1.82, 2.24) is 20.1 Å². The Morgan fingerprint density at radius 2 is 2.08 bits per heavy atom. The first-order valence-corrected chi connectivity index (χ1v) is 9.76. The number of nitrogens with zero attached hydrogens (tertiary/aromatic N) is 3. The molecular weight excluding hydrogens is 352 g/mol. The first-order chi connectivity index (χ1) is 12.6. The molecule has 1 amide bonds. The van der Waals surface area contributed by atoms with Crippen LogP contribution in [0.25, 0.3) is 0 Å². The zero-order valence-electron chi connectivity index (χ0n) is 15.3. The van der Waals surface area contributed by atoms with Gasteiger partial charge in [0.15, 0.2) is 16.7 Å². The Balaban J connectivity index is 1.65. The molecular formula is C18H24N4O3S. The zero-order chi connectivity index (χ0) is 18.5. The van der Waals surface area contributed by atoms with E-state index in [4.69, 9.17) is 9.47 Å². The maximum Gasteiger partial charge on any atom is 0.230 e. The topological polar surface area (TPSA) is 78.3 Å². The second kappa shape index (κ2) is 8.44. The molecule has 2 aromatic rings. The van der Waals surface area contributed by atoms with Crippen molar-refractivity contribution < 1.29 is 14.3 Å². The number of fused-ring (bicyclic) bond motifs is 1. The van der Waals surface area contributed by atoms with Crippen LogP contribution in [-0.4, -0.2) is 39.6 Å². The summed E-state index contributed by atoms with van der Waals surface area (Å²) >= 11 is 1.39. The number of ether oxygens (including phenoxy) is 2. The lowest BCUT2D eigenvalue weighted by atomic mass is 9.95. The van der Waals surface area contributed by atoms with Crippen LogP contribution in [0.5, 0.6) is 11.5 Å². The van der Waals surface area contributed by atoms with Crippen LogP contribution in [0, 0.1) is 5.92 Å². The van der Waals surface area contributed by atoms with Crippen molar-refractivity contribution in [3.05, 3.63) is 30.1 Å². The molecule has 1 aromatic heterocycles. The van der Waals surface area contributed by atoms with Crippen LogP contribution in [0.3, 0.4) is 0 Å². The number of carbonyl (C=O) groups is 1. The third kappa shape index (κ3) is 4.30. The van der Waals surface area contributed by atoms with Crippen LogP contribution in [-0.2, 0) is 11.3 Å². The van der Waals surface area contributed by atoms with Gasteiger partial charge in [-0.05, 0) is 30.5 Å². The predicted octanol–water partition coefficient (Wildman–Crippen LogP) is 2.67. The molecule has 2 heterocycles. The highest BCUT2D eigenvalue weighted by Gasteiger charge is 2.21. The summed E-state index contributed by atoms with van der Waals surface area (Å²) < 4.78 is 13.1. The van der Waals surface area contributed by atoms with Gasteiger partial charge in [0.2, 0.25) is 5.91 Å². The number of carbonyl (C=O) groups excluding carboxylic acids is 1. The number of aryl methyl sites for hydroxylation is 1. The second-order valence-corrected chi connectivity index (χ2v) is 7.32. The quantitative estimate of drug-likeness (QED) is 0.749. The zero-order valence-corrected chi connectivity index (χ0v) is 16.1. The molecule has 1 aliphatic heterocycles. The van der Waals surface area contributed by atoms with Crippen LogP contribution in [0.4, 0.5) is 0 Å². The summed E-state index contributed by atoms with van der Waals surface area (Å²) in [5.41, 5.74) is 1.01. The van der Waals surface area contributed by atoms with Crippen molar-refractivity contribution in [3.63, 3.8) is 0 Å². The van der Waals surface area contributed by atoms with Gasteiger partial charge in [-0.15, -0.1) is 10.2 Å². The minimum Gasteiger partial charge on any atom is -0.486 e. The maximum absolute atomic E-state index is 12.5. The minimum atomic E-state index is -0.0945. The van der Waals surface area contributed by atoms with Gasteiger partial charge in [0, 0.05) is 6.54 Å². The molecule has 8 heteroatoms. The van der Waals surface area contributed by atoms with E-state index >= 15 is 0 Å². The fourth-order valence-corrected chi connectivity index (χ4v) is 3.60. The van der Waals surface area contributed by atoms with Crippen molar-refractivity contribution in [2.24, 2.45) is 5.92 Å². The van der Waals surface area contributed by atoms with E-state index < -0.39 is 0 Å². The lowest BCUT2D eigenvalue weighted by Crippen LogP contribution is -2.33. The highest BCUT2D eigenvalue weighted by Crippen LogP contribution is 2.34. The van der Waals surface area contributed by atoms with E-state index in [9.17, 15) is 4.79 Å². The van der Waals surface area contributed by atoms with E-state index in [1.54, 1.807) is 6.33 Å². The van der Waals surface area contributed by atoms with Crippen LogP contribution < -0.4 is 14.8 Å². The highest BCUT2D eigenvalue weighted by atomic mass is 32.2. The Hall–Kier alpha value is -2.22. The predicted molar refractivity (Wildman–Crippen MR) is 99.6 cm³/mol. The number of aromatic nitrogens is 3. The van der Waals surface area contributed by atoms with Crippen molar-refractivity contribution in [1.29, 1.82) is 0 Å². The van der Waals surface area contributed by atoms with Crippen molar-refractivity contribution in [2.45, 2.75) is 38.5 Å². The molecule has 0 saturated carbocycles. The molecule has 7 nitrogen and oxygen atoms in total. The van der Waals surface area contributed by atoms with Crippen LogP contribution >= 0.6 is 11.8 Å². The van der Waals surface area contributed by atoms with Gasteiger partial charge in [-0.3, -0.25) is 4.79 Å². The SMILES string of the molecule is CCn1cnnc1SCC(=O)N[C@H](c1ccc2c(c1)OCCO2)C(C)C. The van der Waals surface area contributed by atoms with Gasteiger partial charge >= 0.3 is 0 Å². The number of benzene rings is 1. The van der Waals surface area contributed by atoms with Gasteiger partial charge in [-0.25, -0.2) is 0 Å². The highest BCUT2D eigenvalue weighted by molar-refractivity contribution is 7.99. The molecule has 0 bridgehead atoms. The molecule has 0 spiro atoms. The number of rotatable bonds is 7. The Bertz CT molecular complexity index is 763. The molecule has 0 aliphatic carbocycles. The standard InChI is InChI=1S/C18H24N4O3S/c1-4-22-11-19-21-18(22)26-10-16(23)20-17(12(2)3)13-5-6-14-15(9-13)25-8-7-24-14/h5-6,9,11-12,17H,4,7-8,10H2,1-3H3,(H,20,23)/t17-/m0/s1. The molecule has 1 atom stereocenters. The number of hydrogen-bond donors (Lipinski definition) is 1. The first-order valence-electron chi connectivity index (χ1n) is 8.78. The molecule has 1 aromatic carbocycles. The first kappa shape index (κ1) is 18.6. The van der Waals surface area contributed by atoms with Crippen LogP contribution in [0.1, 0.15) is 32.4 Å². The summed E-state index contributed by atoms with van der Waals surface area (Å²) in [6.45, 7) is 8.08. The van der Waals surface area contributed by atoms with E-state index in [0.29, 0.717) is 19.0 Å². The van der Waals surface area contributed by atoms with Gasteiger partial charge in [-0.2, -0.15) is 0 Å². The summed E-state index contributed by atoms with van der Waals surface area (Å²) in [6, 6.07) is 5.76. The lowest BCUT2D eigenvalue weighted by Gasteiger charge is -2.25. The average Bonchev–Trinajstić information content (AvgIpc) is 3.11. The lowest BCUT2D eigenvalue weighted by molar-refractivity contribution is -0.119. The summed E-state index contributed by atoms with van der Waals surface area (Å²) in [6.07, 6.45) is 1.67. The average molecular weight is 376 g/mol. The number of amides is 1. The maximum atomic E-state index is 12.5. The molecule has 1 N–H and O–H groups in total. The summed E-state index contributed by atoms with van der Waals surface area (Å²) in [5.74, 6) is 1.99. The smallest absolute Gasteiger partial charge is 0.230 e. The molecule has 26 heavy (non-hydrogen) atoms. The van der Waals surface area contributed by atoms with E-state index in [1.165, 1.54) is 11.8 Å². The summed E-state index contributed by atoms with van der Waals surface area (Å²) in [4.78, 5) is 12.5. The molecule has 0 fully saturated rings. The normalized spacial score (nSPS) is 14.3. The molecule has 3 rings (SSSR count). The molecule has 0 unspecified atom stereocenters. The third-order valence-electron chi connectivity index (χ3n) is 4.16. The fraction of sp³-hybridized carbons (Fsp3) is 0.500. The Morgan fingerprint density at radius 1 is 1.31 bits per heavy atom. The van der Waals surface area contributed by atoms with Crippen molar-refractivity contribution in [2.75, 3.05) is 19.0 Å². The van der Waals surface area contributed by atoms with Crippen LogP contribution in [0.15, 0.2) is 29.7 Å². The van der Waals surface area contributed by atoms with Gasteiger partial charge in [0.25, 0.3) is 0 Å². The Kier molecular flexibility index (Phi) is 6.03. The van der Waals surface area contributed by atoms with E-state index in [1.807, 2.05) is 29.7 Å². The molecule has 0 saturated heterocycles. The molecule has 0 radical (unpaired) electrons. The number of hydrogen-bond acceptors (Lipinski definition) is 6. The fourth-order valence-electron chi connectivity index (χ4n) is 2.81. The monoisotopic (exact) mass is 376 g/mol. The van der Waals surface area contributed by atoms with Crippen molar-refractivity contribution >= 4 is 17.7 Å². The molecule has 140 valence electrons. The number of thioether (sulfide) groups is 1. The largest absolute Gasteiger partial charge is 0.486 e. The van der Waals surface area contributed by atoms with E-state index in [2.05, 4.69) is 29.4 Å². The van der Waals surface area contributed by atoms with E-state index in [-0.39, 0.29) is 17.9 Å². The van der Waals surface area contributed by atoms with E-state index in [0.717, 1.165) is 28.8 Å². The Morgan fingerprint density at radius 3 is 2.81 bits per heavy atom.